The van der Waals surface area contributed by atoms with Gasteiger partial charge >= 0.3 is 12.2 Å². The molecule has 3 aromatic rings. The number of carbonyl (C=O) groups is 2. The van der Waals surface area contributed by atoms with E-state index in [1.54, 1.807) is 23.3 Å². The number of thiophene rings is 2. The van der Waals surface area contributed by atoms with Crippen molar-refractivity contribution in [2.24, 2.45) is 0 Å². The number of nitrogens with zero attached hydrogens (tertiary/aromatic N) is 2. The van der Waals surface area contributed by atoms with Gasteiger partial charge in [0.05, 0.1) is 26.6 Å². The minimum absolute atomic E-state index is 0.374. The van der Waals surface area contributed by atoms with Crippen molar-refractivity contribution in [2.45, 2.75) is 78.4 Å². The minimum atomic E-state index is -0.639. The maximum absolute atomic E-state index is 13.2. The number of alkyl carbamates (subject to hydrolysis) is 1. The summed E-state index contributed by atoms with van der Waals surface area (Å²) in [5.41, 5.74) is -0.508. The summed E-state index contributed by atoms with van der Waals surface area (Å²) < 4.78 is 23.2. The highest BCUT2D eigenvalue weighted by Gasteiger charge is 2.32. The second-order valence-electron chi connectivity index (χ2n) is 10.2. The molecule has 0 bridgehead atoms. The molecule has 36 heavy (non-hydrogen) atoms. The summed E-state index contributed by atoms with van der Waals surface area (Å²) in [5, 5.41) is 5.54. The lowest BCUT2D eigenvalue weighted by atomic mass is 10.1. The fourth-order valence-electron chi connectivity index (χ4n) is 3.33. The lowest BCUT2D eigenvalue weighted by Gasteiger charge is -2.26. The van der Waals surface area contributed by atoms with E-state index in [0.717, 1.165) is 24.4 Å². The zero-order valence-electron chi connectivity index (χ0n) is 21.6. The molecule has 2 atom stereocenters. The van der Waals surface area contributed by atoms with Crippen molar-refractivity contribution < 1.29 is 23.8 Å². The van der Waals surface area contributed by atoms with Gasteiger partial charge in [-0.05, 0) is 87.4 Å². The first-order valence-electron chi connectivity index (χ1n) is 11.3. The topological polar surface area (TPSA) is 90.0 Å². The van der Waals surface area contributed by atoms with Gasteiger partial charge in [0.15, 0.2) is 0 Å². The van der Waals surface area contributed by atoms with Gasteiger partial charge in [-0.15, -0.1) is 22.7 Å². The fourth-order valence-corrected chi connectivity index (χ4v) is 7.37. The average Bonchev–Trinajstić information content (AvgIpc) is 3.43. The molecule has 8 nitrogen and oxygen atoms in total. The number of ether oxygens (including phenoxy) is 3. The van der Waals surface area contributed by atoms with Gasteiger partial charge in [0.25, 0.3) is 0 Å². The molecule has 3 heterocycles. The molecule has 12 heteroatoms. The number of nitrogens with one attached hydrogen (secondary N) is 1. The summed E-state index contributed by atoms with van der Waals surface area (Å²) >= 11 is 7.98. The molecule has 0 saturated carbocycles. The van der Waals surface area contributed by atoms with Gasteiger partial charge in [0.1, 0.15) is 27.8 Å². The second-order valence-corrected chi connectivity index (χ2v) is 13.8. The van der Waals surface area contributed by atoms with Crippen LogP contribution in [0.5, 0.6) is 0 Å². The number of fused-ring (bicyclic) bond motifs is 1. The Morgan fingerprint density at radius 1 is 1.17 bits per heavy atom. The van der Waals surface area contributed by atoms with E-state index in [4.69, 9.17) is 14.2 Å². The highest BCUT2D eigenvalue weighted by molar-refractivity contribution is 9.10. The van der Waals surface area contributed by atoms with Gasteiger partial charge in [0, 0.05) is 12.0 Å². The SMILES string of the molecule is COC(c1sc2c(N(Cc3cccs3)C(=O)OC(C)(C)C)snc2c1Br)C(C)NC(=O)OC(C)(C)C. The predicted molar refractivity (Wildman–Crippen MR) is 151 cm³/mol. The monoisotopic (exact) mass is 617 g/mol. The Hall–Kier alpha value is -1.73. The highest BCUT2D eigenvalue weighted by atomic mass is 79.9. The van der Waals surface area contributed by atoms with Crippen LogP contribution in [0.2, 0.25) is 0 Å². The summed E-state index contributed by atoms with van der Waals surface area (Å²) in [4.78, 5) is 29.1. The van der Waals surface area contributed by atoms with Crippen LogP contribution in [0.4, 0.5) is 14.6 Å². The van der Waals surface area contributed by atoms with Crippen LogP contribution in [0, 0.1) is 0 Å². The number of methoxy groups -OCH3 is 1. The number of hydrogen-bond acceptors (Lipinski definition) is 9. The Labute approximate surface area is 232 Å². The van der Waals surface area contributed by atoms with Gasteiger partial charge in [-0.3, -0.25) is 4.90 Å². The van der Waals surface area contributed by atoms with Crippen molar-refractivity contribution in [1.29, 1.82) is 0 Å². The largest absolute Gasteiger partial charge is 0.444 e. The molecule has 0 aliphatic heterocycles. The molecule has 0 radical (unpaired) electrons. The van der Waals surface area contributed by atoms with E-state index in [2.05, 4.69) is 25.6 Å². The fraction of sp³-hybridized carbons (Fsp3) is 0.542. The van der Waals surface area contributed by atoms with Crippen molar-refractivity contribution in [3.63, 3.8) is 0 Å². The molecule has 2 unspecified atom stereocenters. The Bertz CT molecular complexity index is 1190. The lowest BCUT2D eigenvalue weighted by molar-refractivity contribution is 0.0362. The zero-order valence-corrected chi connectivity index (χ0v) is 25.7. The zero-order chi connectivity index (χ0) is 26.8. The van der Waals surface area contributed by atoms with E-state index in [9.17, 15) is 9.59 Å². The van der Waals surface area contributed by atoms with Gasteiger partial charge in [-0.1, -0.05) is 6.07 Å². The van der Waals surface area contributed by atoms with Crippen LogP contribution in [-0.2, 0) is 20.8 Å². The van der Waals surface area contributed by atoms with Crippen molar-refractivity contribution in [3.05, 3.63) is 31.7 Å². The third-order valence-corrected chi connectivity index (χ3v) is 8.91. The van der Waals surface area contributed by atoms with E-state index in [1.807, 2.05) is 66.0 Å². The number of amides is 2. The van der Waals surface area contributed by atoms with E-state index in [0.29, 0.717) is 11.5 Å². The Kier molecular flexibility index (Phi) is 9.08. The average molecular weight is 619 g/mol. The quantitative estimate of drug-likeness (QED) is 0.292. The van der Waals surface area contributed by atoms with E-state index in [1.165, 1.54) is 22.9 Å². The molecule has 0 aromatic carbocycles. The molecular formula is C24H32BrN3O5S3. The summed E-state index contributed by atoms with van der Waals surface area (Å²) in [5.74, 6) is 0. The van der Waals surface area contributed by atoms with Gasteiger partial charge < -0.3 is 19.5 Å². The molecule has 3 aromatic heterocycles. The maximum atomic E-state index is 13.2. The number of rotatable bonds is 7. The predicted octanol–water partition coefficient (Wildman–Crippen LogP) is 7.72. The van der Waals surface area contributed by atoms with Crippen LogP contribution in [0.15, 0.2) is 22.0 Å². The third-order valence-electron chi connectivity index (χ3n) is 4.73. The highest BCUT2D eigenvalue weighted by Crippen LogP contribution is 2.47. The molecule has 0 saturated heterocycles. The van der Waals surface area contributed by atoms with Crippen molar-refractivity contribution in [3.8, 4) is 0 Å². The molecule has 1 N–H and O–H groups in total. The molecule has 0 aliphatic rings. The van der Waals surface area contributed by atoms with E-state index >= 15 is 0 Å². The first-order valence-corrected chi connectivity index (χ1v) is 14.6. The smallest absolute Gasteiger partial charge is 0.415 e. The minimum Gasteiger partial charge on any atom is -0.444 e. The Balaban J connectivity index is 1.96. The molecule has 2 amide bonds. The molecule has 198 valence electrons. The maximum Gasteiger partial charge on any atom is 0.415 e. The van der Waals surface area contributed by atoms with Crippen molar-refractivity contribution in [1.82, 2.24) is 9.69 Å². The Morgan fingerprint density at radius 2 is 1.83 bits per heavy atom. The van der Waals surface area contributed by atoms with Crippen LogP contribution in [0.25, 0.3) is 10.2 Å². The van der Waals surface area contributed by atoms with Crippen LogP contribution in [0.1, 0.15) is 64.3 Å². The molecule has 0 fully saturated rings. The van der Waals surface area contributed by atoms with Gasteiger partial charge in [-0.2, -0.15) is 4.37 Å². The summed E-state index contributed by atoms with van der Waals surface area (Å²) in [7, 11) is 1.59. The molecule has 0 aliphatic carbocycles. The first kappa shape index (κ1) is 28.8. The lowest BCUT2D eigenvalue weighted by Crippen LogP contribution is -2.41. The van der Waals surface area contributed by atoms with Crippen molar-refractivity contribution >= 4 is 77.5 Å². The standard InChI is InChI=1S/C24H32BrN3O5S3/c1-13(26-21(29)32-23(2,3)4)17(31-8)18-15(25)16-19(35-18)20(36-27-16)28(12-14-10-9-11-34-14)22(30)33-24(5,6)7/h9-11,13,17H,12H2,1-8H3,(H,26,29). The summed E-state index contributed by atoms with van der Waals surface area (Å²) in [6, 6.07) is 3.56. The third kappa shape index (κ3) is 7.18. The molecule has 0 spiro atoms. The number of carbonyl (C=O) groups excluding carboxylic acids is 2. The van der Waals surface area contributed by atoms with Crippen LogP contribution in [0.3, 0.4) is 0 Å². The number of halogens is 1. The van der Waals surface area contributed by atoms with E-state index in [-0.39, 0.29) is 6.04 Å². The first-order chi connectivity index (χ1) is 16.7. The number of aromatic nitrogens is 1. The molecular weight excluding hydrogens is 586 g/mol. The number of anilines is 1. The van der Waals surface area contributed by atoms with E-state index < -0.39 is 29.5 Å². The Morgan fingerprint density at radius 3 is 2.39 bits per heavy atom. The van der Waals surface area contributed by atoms with Gasteiger partial charge in [0.2, 0.25) is 0 Å². The van der Waals surface area contributed by atoms with Crippen LogP contribution in [-0.4, -0.2) is 40.9 Å². The van der Waals surface area contributed by atoms with Gasteiger partial charge in [-0.25, -0.2) is 9.59 Å². The summed E-state index contributed by atoms with van der Waals surface area (Å²) in [6.45, 7) is 13.2. The number of hydrogen-bond donors (Lipinski definition) is 1. The van der Waals surface area contributed by atoms with Crippen LogP contribution >= 0.6 is 50.1 Å². The van der Waals surface area contributed by atoms with Crippen LogP contribution < -0.4 is 10.2 Å². The summed E-state index contributed by atoms with van der Waals surface area (Å²) in [6.07, 6.45) is -1.41. The van der Waals surface area contributed by atoms with Crippen molar-refractivity contribution in [2.75, 3.05) is 12.0 Å². The second kappa shape index (κ2) is 11.3. The molecule has 3 rings (SSSR count). The normalized spacial score (nSPS) is 13.9.